The number of aromatic nitrogens is 2. The molecule has 5 heteroatoms. The molecule has 2 rings (SSSR count). The van der Waals surface area contributed by atoms with E-state index in [1.165, 1.54) is 6.07 Å². The fourth-order valence-corrected chi connectivity index (χ4v) is 2.10. The van der Waals surface area contributed by atoms with Gasteiger partial charge in [-0.3, -0.25) is 4.68 Å². The molecule has 1 unspecified atom stereocenters. The van der Waals surface area contributed by atoms with Crippen molar-refractivity contribution in [3.63, 3.8) is 0 Å². The number of nitrogens with two attached hydrogens (primary N) is 1. The van der Waals surface area contributed by atoms with Crippen LogP contribution in [-0.4, -0.2) is 15.8 Å². The van der Waals surface area contributed by atoms with Crippen LogP contribution in [0.1, 0.15) is 31.1 Å². The van der Waals surface area contributed by atoms with E-state index in [0.717, 1.165) is 11.8 Å². The summed E-state index contributed by atoms with van der Waals surface area (Å²) in [4.78, 5) is 0. The van der Waals surface area contributed by atoms with Crippen LogP contribution in [0.15, 0.2) is 30.5 Å². The molecule has 0 saturated carbocycles. The molecule has 0 bridgehead atoms. The zero-order chi connectivity index (χ0) is 14.7. The molecule has 2 aromatic rings. The molecule has 0 saturated heterocycles. The summed E-state index contributed by atoms with van der Waals surface area (Å²) in [6, 6.07) is 6.07. The van der Waals surface area contributed by atoms with Gasteiger partial charge in [-0.05, 0) is 38.0 Å². The van der Waals surface area contributed by atoms with Crippen molar-refractivity contribution in [2.45, 2.75) is 38.8 Å². The molecule has 3 nitrogen and oxygen atoms in total. The predicted molar refractivity (Wildman–Crippen MR) is 74.4 cm³/mol. The Kier molecular flexibility index (Phi) is 4.49. The summed E-state index contributed by atoms with van der Waals surface area (Å²) < 4.78 is 28.5. The molecule has 0 aliphatic rings. The first-order chi connectivity index (χ1) is 9.47. The largest absolute Gasteiger partial charge is 0.327 e. The highest BCUT2D eigenvalue weighted by Crippen LogP contribution is 2.14. The first kappa shape index (κ1) is 14.7. The summed E-state index contributed by atoms with van der Waals surface area (Å²) in [6.45, 7) is 4.08. The monoisotopic (exact) mass is 279 g/mol. The molecular formula is C15H19F2N3. The van der Waals surface area contributed by atoms with Crippen molar-refractivity contribution in [1.82, 2.24) is 9.78 Å². The quantitative estimate of drug-likeness (QED) is 0.914. The standard InChI is InChI=1S/C15H19F2N3/c1-10(2)20-7-6-13(19-20)9-12(18)8-11-4-3-5-14(16)15(11)17/h3-7,10,12H,8-9,18H2,1-2H3. The van der Waals surface area contributed by atoms with E-state index in [2.05, 4.69) is 5.10 Å². The molecule has 1 atom stereocenters. The lowest BCUT2D eigenvalue weighted by atomic mass is 10.0. The van der Waals surface area contributed by atoms with Crippen LogP contribution in [0.3, 0.4) is 0 Å². The van der Waals surface area contributed by atoms with Gasteiger partial charge in [-0.2, -0.15) is 5.10 Å². The van der Waals surface area contributed by atoms with Crippen molar-refractivity contribution in [2.24, 2.45) is 5.73 Å². The third-order valence-corrected chi connectivity index (χ3v) is 3.18. The number of benzene rings is 1. The lowest BCUT2D eigenvalue weighted by Gasteiger charge is -2.11. The number of rotatable bonds is 5. The Labute approximate surface area is 117 Å². The van der Waals surface area contributed by atoms with Gasteiger partial charge in [0.1, 0.15) is 0 Å². The molecule has 0 fully saturated rings. The van der Waals surface area contributed by atoms with Gasteiger partial charge in [0.25, 0.3) is 0 Å². The minimum absolute atomic E-state index is 0.290. The highest BCUT2D eigenvalue weighted by Gasteiger charge is 2.13. The van der Waals surface area contributed by atoms with Crippen molar-refractivity contribution in [2.75, 3.05) is 0 Å². The van der Waals surface area contributed by atoms with Gasteiger partial charge in [0.15, 0.2) is 11.6 Å². The van der Waals surface area contributed by atoms with Crippen LogP contribution in [0.2, 0.25) is 0 Å². The normalized spacial score (nSPS) is 12.9. The molecule has 0 aliphatic carbocycles. The first-order valence-electron chi connectivity index (χ1n) is 6.70. The summed E-state index contributed by atoms with van der Waals surface area (Å²) >= 11 is 0. The maximum Gasteiger partial charge on any atom is 0.162 e. The van der Waals surface area contributed by atoms with E-state index in [4.69, 9.17) is 5.73 Å². The van der Waals surface area contributed by atoms with Gasteiger partial charge in [-0.25, -0.2) is 8.78 Å². The van der Waals surface area contributed by atoms with Gasteiger partial charge in [-0.15, -0.1) is 0 Å². The second-order valence-electron chi connectivity index (χ2n) is 5.26. The molecule has 20 heavy (non-hydrogen) atoms. The second-order valence-corrected chi connectivity index (χ2v) is 5.26. The van der Waals surface area contributed by atoms with Gasteiger partial charge in [0.2, 0.25) is 0 Å². The third kappa shape index (κ3) is 3.42. The van der Waals surface area contributed by atoms with E-state index >= 15 is 0 Å². The van der Waals surface area contributed by atoms with Crippen LogP contribution in [0.4, 0.5) is 8.78 Å². The summed E-state index contributed by atoms with van der Waals surface area (Å²) in [7, 11) is 0. The average Bonchev–Trinajstić information content (AvgIpc) is 2.83. The predicted octanol–water partition coefficient (Wildman–Crippen LogP) is 2.85. The van der Waals surface area contributed by atoms with Crippen LogP contribution in [0, 0.1) is 11.6 Å². The van der Waals surface area contributed by atoms with Gasteiger partial charge >= 0.3 is 0 Å². The minimum Gasteiger partial charge on any atom is -0.327 e. The highest BCUT2D eigenvalue weighted by atomic mass is 19.2. The highest BCUT2D eigenvalue weighted by molar-refractivity contribution is 5.20. The van der Waals surface area contributed by atoms with Crippen LogP contribution < -0.4 is 5.73 Å². The van der Waals surface area contributed by atoms with Gasteiger partial charge in [0, 0.05) is 24.7 Å². The molecule has 1 aromatic carbocycles. The summed E-state index contributed by atoms with van der Waals surface area (Å²) in [6.07, 6.45) is 2.73. The Morgan fingerprint density at radius 3 is 2.60 bits per heavy atom. The number of halogens is 2. The topological polar surface area (TPSA) is 43.8 Å². The molecule has 0 amide bonds. The number of nitrogens with zero attached hydrogens (tertiary/aromatic N) is 2. The first-order valence-corrected chi connectivity index (χ1v) is 6.70. The van der Waals surface area contributed by atoms with E-state index < -0.39 is 11.6 Å². The third-order valence-electron chi connectivity index (χ3n) is 3.18. The zero-order valence-electron chi connectivity index (χ0n) is 11.7. The van der Waals surface area contributed by atoms with Crippen molar-refractivity contribution in [3.8, 4) is 0 Å². The van der Waals surface area contributed by atoms with Crippen LogP contribution in [-0.2, 0) is 12.8 Å². The molecule has 2 N–H and O–H groups in total. The lowest BCUT2D eigenvalue weighted by Crippen LogP contribution is -2.26. The van der Waals surface area contributed by atoms with Crippen LogP contribution in [0.25, 0.3) is 0 Å². The van der Waals surface area contributed by atoms with Crippen molar-refractivity contribution in [3.05, 3.63) is 53.4 Å². The Bertz CT molecular complexity index is 578. The van der Waals surface area contributed by atoms with E-state index in [1.807, 2.05) is 30.8 Å². The summed E-state index contributed by atoms with van der Waals surface area (Å²) in [5.74, 6) is -1.64. The van der Waals surface area contributed by atoms with Crippen molar-refractivity contribution >= 4 is 0 Å². The molecule has 108 valence electrons. The fraction of sp³-hybridized carbons (Fsp3) is 0.400. The van der Waals surface area contributed by atoms with Crippen molar-refractivity contribution in [1.29, 1.82) is 0 Å². The molecule has 0 aliphatic heterocycles. The summed E-state index contributed by atoms with van der Waals surface area (Å²) in [5.41, 5.74) is 7.17. The number of hydrogen-bond donors (Lipinski definition) is 1. The van der Waals surface area contributed by atoms with Gasteiger partial charge < -0.3 is 5.73 Å². The lowest BCUT2D eigenvalue weighted by molar-refractivity contribution is 0.490. The van der Waals surface area contributed by atoms with Crippen LogP contribution >= 0.6 is 0 Å². The van der Waals surface area contributed by atoms with Gasteiger partial charge in [0.05, 0.1) is 5.69 Å². The number of hydrogen-bond acceptors (Lipinski definition) is 2. The smallest absolute Gasteiger partial charge is 0.162 e. The molecule has 1 aromatic heterocycles. The second kappa shape index (κ2) is 6.13. The molecular weight excluding hydrogens is 260 g/mol. The van der Waals surface area contributed by atoms with Crippen LogP contribution in [0.5, 0.6) is 0 Å². The summed E-state index contributed by atoms with van der Waals surface area (Å²) in [5, 5.41) is 4.40. The van der Waals surface area contributed by atoms with E-state index in [9.17, 15) is 8.78 Å². The van der Waals surface area contributed by atoms with E-state index in [1.54, 1.807) is 6.07 Å². The molecule has 0 radical (unpaired) electrons. The Morgan fingerprint density at radius 2 is 1.95 bits per heavy atom. The molecule has 0 spiro atoms. The SMILES string of the molecule is CC(C)n1ccc(CC(N)Cc2cccc(F)c2F)n1. The fourth-order valence-electron chi connectivity index (χ4n) is 2.10. The average molecular weight is 279 g/mol. The minimum atomic E-state index is -0.834. The Morgan fingerprint density at radius 1 is 1.20 bits per heavy atom. The van der Waals surface area contributed by atoms with Crippen molar-refractivity contribution < 1.29 is 8.78 Å². The molecule has 1 heterocycles. The Balaban J connectivity index is 2.01. The maximum absolute atomic E-state index is 13.6. The zero-order valence-corrected chi connectivity index (χ0v) is 11.7. The maximum atomic E-state index is 13.6. The van der Waals surface area contributed by atoms with E-state index in [0.29, 0.717) is 18.0 Å². The Hall–Kier alpha value is -1.75. The van der Waals surface area contributed by atoms with E-state index in [-0.39, 0.29) is 12.5 Å². The van der Waals surface area contributed by atoms with Gasteiger partial charge in [-0.1, -0.05) is 12.1 Å².